The molecule has 21 heavy (non-hydrogen) atoms. The van der Waals surface area contributed by atoms with Gasteiger partial charge in [-0.1, -0.05) is 0 Å². The molecule has 2 heterocycles. The Labute approximate surface area is 126 Å². The van der Waals surface area contributed by atoms with E-state index in [1.807, 2.05) is 0 Å². The van der Waals surface area contributed by atoms with Gasteiger partial charge in [-0.05, 0) is 56.0 Å². The lowest BCUT2D eigenvalue weighted by Crippen LogP contribution is -2.44. The van der Waals surface area contributed by atoms with Crippen LogP contribution in [0, 0.1) is 0 Å². The molecular weight excluding hydrogens is 260 g/mol. The number of nitrogens with zero attached hydrogens (tertiary/aromatic N) is 3. The summed E-state index contributed by atoms with van der Waals surface area (Å²) >= 11 is 0. The van der Waals surface area contributed by atoms with Crippen molar-refractivity contribution in [2.45, 2.75) is 32.2 Å². The fourth-order valence-electron chi connectivity index (χ4n) is 3.59. The molecular formula is C17H24N4. The summed E-state index contributed by atoms with van der Waals surface area (Å²) in [6.07, 6.45) is 5.13. The molecule has 0 spiro atoms. The predicted octanol–water partition coefficient (Wildman–Crippen LogP) is 2.19. The largest absolute Gasteiger partial charge is 0.341 e. The predicted molar refractivity (Wildman–Crippen MR) is 85.5 cm³/mol. The van der Waals surface area contributed by atoms with Crippen molar-refractivity contribution in [1.82, 2.24) is 19.8 Å². The summed E-state index contributed by atoms with van der Waals surface area (Å²) in [5.41, 5.74) is 5.43. The van der Waals surface area contributed by atoms with Crippen LogP contribution >= 0.6 is 0 Å². The highest BCUT2D eigenvalue weighted by Crippen LogP contribution is 2.25. The number of hydrogen-bond donors (Lipinski definition) is 1. The molecule has 0 bridgehead atoms. The second-order valence-corrected chi connectivity index (χ2v) is 6.61. The molecule has 0 unspecified atom stereocenters. The van der Waals surface area contributed by atoms with Gasteiger partial charge < -0.3 is 9.88 Å². The third-order valence-corrected chi connectivity index (χ3v) is 4.96. The van der Waals surface area contributed by atoms with Gasteiger partial charge in [0.25, 0.3) is 0 Å². The van der Waals surface area contributed by atoms with Gasteiger partial charge in [-0.15, -0.1) is 0 Å². The summed E-state index contributed by atoms with van der Waals surface area (Å²) in [6, 6.07) is 4.65. The first kappa shape index (κ1) is 13.3. The van der Waals surface area contributed by atoms with Crippen LogP contribution in [0.25, 0.3) is 11.0 Å². The molecule has 1 fully saturated rings. The van der Waals surface area contributed by atoms with Gasteiger partial charge in [-0.3, -0.25) is 4.90 Å². The number of aromatic amines is 1. The molecule has 1 aliphatic heterocycles. The Bertz CT molecular complexity index is 595. The summed E-state index contributed by atoms with van der Waals surface area (Å²) in [5.74, 6) is 1.12. The number of imidazole rings is 1. The third kappa shape index (κ3) is 2.70. The maximum atomic E-state index is 4.82. The SMILES string of the molecule is CN1CCN(Cc2nc3cc4c(cc3[nH]2)CCCC4)CC1. The minimum Gasteiger partial charge on any atom is -0.341 e. The molecule has 0 saturated carbocycles. The van der Waals surface area contributed by atoms with Crippen LogP contribution in [0.5, 0.6) is 0 Å². The molecule has 1 aromatic carbocycles. The second-order valence-electron chi connectivity index (χ2n) is 6.61. The van der Waals surface area contributed by atoms with Crippen molar-refractivity contribution in [1.29, 1.82) is 0 Å². The zero-order chi connectivity index (χ0) is 14.2. The van der Waals surface area contributed by atoms with Gasteiger partial charge in [-0.25, -0.2) is 4.98 Å². The van der Waals surface area contributed by atoms with Gasteiger partial charge in [0.05, 0.1) is 17.6 Å². The maximum absolute atomic E-state index is 4.82. The summed E-state index contributed by atoms with van der Waals surface area (Å²) < 4.78 is 0. The van der Waals surface area contributed by atoms with Crippen LogP contribution in [0.1, 0.15) is 29.8 Å². The minimum absolute atomic E-state index is 0.952. The number of likely N-dealkylation sites (N-methyl/N-ethyl adjacent to an activating group) is 1. The molecule has 112 valence electrons. The summed E-state index contributed by atoms with van der Waals surface area (Å²) in [4.78, 5) is 13.3. The van der Waals surface area contributed by atoms with Crippen LogP contribution in [0.2, 0.25) is 0 Å². The number of piperazine rings is 1. The lowest BCUT2D eigenvalue weighted by molar-refractivity contribution is 0.146. The molecule has 4 rings (SSSR count). The number of hydrogen-bond acceptors (Lipinski definition) is 3. The minimum atomic E-state index is 0.952. The summed E-state index contributed by atoms with van der Waals surface area (Å²) in [6.45, 7) is 5.56. The quantitative estimate of drug-likeness (QED) is 0.918. The normalized spacial score (nSPS) is 20.8. The molecule has 4 nitrogen and oxygen atoms in total. The van der Waals surface area contributed by atoms with Gasteiger partial charge in [0, 0.05) is 26.2 Å². The first-order valence-electron chi connectivity index (χ1n) is 8.19. The number of rotatable bonds is 2. The van der Waals surface area contributed by atoms with Crippen molar-refractivity contribution in [2.24, 2.45) is 0 Å². The number of fused-ring (bicyclic) bond motifs is 2. The number of benzene rings is 1. The average molecular weight is 284 g/mol. The van der Waals surface area contributed by atoms with Crippen molar-refractivity contribution in [2.75, 3.05) is 33.2 Å². The number of aromatic nitrogens is 2. The van der Waals surface area contributed by atoms with E-state index < -0.39 is 0 Å². The first-order valence-corrected chi connectivity index (χ1v) is 8.19. The molecule has 0 radical (unpaired) electrons. The second kappa shape index (κ2) is 5.43. The van der Waals surface area contributed by atoms with Crippen LogP contribution in [0.3, 0.4) is 0 Å². The summed E-state index contributed by atoms with van der Waals surface area (Å²) in [7, 11) is 2.20. The number of H-pyrrole nitrogens is 1. The number of aryl methyl sites for hydroxylation is 2. The van der Waals surface area contributed by atoms with Crippen molar-refractivity contribution < 1.29 is 0 Å². The molecule has 1 aliphatic carbocycles. The standard InChI is InChI=1S/C17H24N4/c1-20-6-8-21(9-7-20)12-17-18-15-10-13-4-2-3-5-14(13)11-16(15)19-17/h10-11H,2-9,12H2,1H3,(H,18,19). The zero-order valence-corrected chi connectivity index (χ0v) is 12.9. The van der Waals surface area contributed by atoms with E-state index in [9.17, 15) is 0 Å². The van der Waals surface area contributed by atoms with Gasteiger partial charge in [0.15, 0.2) is 0 Å². The maximum Gasteiger partial charge on any atom is 0.121 e. The van der Waals surface area contributed by atoms with Gasteiger partial charge in [-0.2, -0.15) is 0 Å². The molecule has 0 amide bonds. The Kier molecular flexibility index (Phi) is 3.43. The fourth-order valence-corrected chi connectivity index (χ4v) is 3.59. The molecule has 1 saturated heterocycles. The Balaban J connectivity index is 1.56. The van der Waals surface area contributed by atoms with Gasteiger partial charge in [0.2, 0.25) is 0 Å². The monoisotopic (exact) mass is 284 g/mol. The fraction of sp³-hybridized carbons (Fsp3) is 0.588. The highest BCUT2D eigenvalue weighted by molar-refractivity contribution is 5.77. The average Bonchev–Trinajstić information content (AvgIpc) is 2.88. The van der Waals surface area contributed by atoms with Crippen LogP contribution in [0.4, 0.5) is 0 Å². The molecule has 2 aromatic rings. The molecule has 1 N–H and O–H groups in total. The molecule has 2 aliphatic rings. The van der Waals surface area contributed by atoms with Crippen molar-refractivity contribution in [3.63, 3.8) is 0 Å². The Morgan fingerprint density at radius 3 is 2.52 bits per heavy atom. The Hall–Kier alpha value is -1.39. The van der Waals surface area contributed by atoms with Crippen LogP contribution in [-0.4, -0.2) is 53.0 Å². The van der Waals surface area contributed by atoms with Crippen LogP contribution < -0.4 is 0 Å². The Morgan fingerprint density at radius 2 is 1.76 bits per heavy atom. The molecule has 1 aromatic heterocycles. The number of nitrogens with one attached hydrogen (secondary N) is 1. The van der Waals surface area contributed by atoms with E-state index in [2.05, 4.69) is 34.0 Å². The molecule has 0 atom stereocenters. The van der Waals surface area contributed by atoms with E-state index in [0.717, 1.165) is 44.1 Å². The Morgan fingerprint density at radius 1 is 1.05 bits per heavy atom. The highest BCUT2D eigenvalue weighted by atomic mass is 15.3. The topological polar surface area (TPSA) is 35.2 Å². The zero-order valence-electron chi connectivity index (χ0n) is 12.9. The van der Waals surface area contributed by atoms with E-state index >= 15 is 0 Å². The van der Waals surface area contributed by atoms with E-state index in [0.29, 0.717) is 0 Å². The smallest absolute Gasteiger partial charge is 0.121 e. The first-order chi connectivity index (χ1) is 10.3. The highest BCUT2D eigenvalue weighted by Gasteiger charge is 2.16. The van der Waals surface area contributed by atoms with E-state index in [4.69, 9.17) is 4.98 Å². The van der Waals surface area contributed by atoms with Crippen LogP contribution in [0.15, 0.2) is 12.1 Å². The molecule has 4 heteroatoms. The van der Waals surface area contributed by atoms with Crippen molar-refractivity contribution in [3.8, 4) is 0 Å². The van der Waals surface area contributed by atoms with Crippen molar-refractivity contribution in [3.05, 3.63) is 29.1 Å². The van der Waals surface area contributed by atoms with E-state index in [-0.39, 0.29) is 0 Å². The summed E-state index contributed by atoms with van der Waals surface area (Å²) in [5, 5.41) is 0. The van der Waals surface area contributed by atoms with E-state index in [1.165, 1.54) is 42.3 Å². The van der Waals surface area contributed by atoms with E-state index in [1.54, 1.807) is 0 Å². The lowest BCUT2D eigenvalue weighted by Gasteiger charge is -2.31. The van der Waals surface area contributed by atoms with Crippen LogP contribution in [-0.2, 0) is 19.4 Å². The lowest BCUT2D eigenvalue weighted by atomic mass is 9.91. The van der Waals surface area contributed by atoms with Gasteiger partial charge >= 0.3 is 0 Å². The third-order valence-electron chi connectivity index (χ3n) is 4.96. The van der Waals surface area contributed by atoms with Gasteiger partial charge in [0.1, 0.15) is 5.82 Å². The van der Waals surface area contributed by atoms with Crippen molar-refractivity contribution >= 4 is 11.0 Å².